The molecule has 2 aromatic carbocycles. The van der Waals surface area contributed by atoms with E-state index in [2.05, 4.69) is 26.6 Å². The van der Waals surface area contributed by atoms with E-state index >= 15 is 0 Å². The van der Waals surface area contributed by atoms with Crippen LogP contribution in [0.4, 0.5) is 11.4 Å². The zero-order valence-electron chi connectivity index (χ0n) is 11.9. The number of hydrogen-bond acceptors (Lipinski definition) is 3. The number of ether oxygens (including phenoxy) is 1. The summed E-state index contributed by atoms with van der Waals surface area (Å²) in [6.07, 6.45) is 0. The first kappa shape index (κ1) is 15.4. The number of anilines is 2. The molecule has 2 rings (SSSR count). The zero-order chi connectivity index (χ0) is 15.2. The molecule has 0 radical (unpaired) electrons. The lowest BCUT2D eigenvalue weighted by Gasteiger charge is -2.15. The van der Waals surface area contributed by atoms with Crippen molar-refractivity contribution < 1.29 is 9.53 Å². The highest BCUT2D eigenvalue weighted by Crippen LogP contribution is 2.17. The predicted octanol–water partition coefficient (Wildman–Crippen LogP) is 3.90. The SMILES string of the molecule is COc1ccc(NC(=O)[C@H](C)Nc2ccc(Br)cc2)cc1. The van der Waals surface area contributed by atoms with Crippen LogP contribution in [0.25, 0.3) is 0 Å². The van der Waals surface area contributed by atoms with E-state index < -0.39 is 0 Å². The Labute approximate surface area is 132 Å². The van der Waals surface area contributed by atoms with Crippen molar-refractivity contribution in [1.82, 2.24) is 0 Å². The van der Waals surface area contributed by atoms with Crippen LogP contribution in [0.2, 0.25) is 0 Å². The third-order valence-corrected chi connectivity index (χ3v) is 3.51. The molecule has 0 aliphatic heterocycles. The Morgan fingerprint density at radius 2 is 1.62 bits per heavy atom. The minimum atomic E-state index is -0.340. The second-order valence-corrected chi connectivity index (χ2v) is 5.51. The van der Waals surface area contributed by atoms with E-state index in [4.69, 9.17) is 4.74 Å². The number of amides is 1. The van der Waals surface area contributed by atoms with Gasteiger partial charge in [0.25, 0.3) is 0 Å². The van der Waals surface area contributed by atoms with E-state index in [1.165, 1.54) is 0 Å². The summed E-state index contributed by atoms with van der Waals surface area (Å²) >= 11 is 3.38. The third kappa shape index (κ3) is 4.49. The lowest BCUT2D eigenvalue weighted by atomic mass is 10.2. The average Bonchev–Trinajstić information content (AvgIpc) is 2.50. The van der Waals surface area contributed by atoms with Gasteiger partial charge in [-0.15, -0.1) is 0 Å². The van der Waals surface area contributed by atoms with Crippen molar-refractivity contribution in [3.05, 3.63) is 53.0 Å². The maximum absolute atomic E-state index is 12.1. The fourth-order valence-corrected chi connectivity index (χ4v) is 2.05. The van der Waals surface area contributed by atoms with E-state index in [1.54, 1.807) is 7.11 Å². The molecule has 0 aliphatic carbocycles. The van der Waals surface area contributed by atoms with Crippen LogP contribution in [0.3, 0.4) is 0 Å². The molecule has 0 saturated heterocycles. The number of nitrogens with one attached hydrogen (secondary N) is 2. The Kier molecular flexibility index (Phi) is 5.22. The Morgan fingerprint density at radius 3 is 2.19 bits per heavy atom. The molecular formula is C16H17BrN2O2. The van der Waals surface area contributed by atoms with Crippen molar-refractivity contribution in [2.45, 2.75) is 13.0 Å². The molecule has 0 aromatic heterocycles. The van der Waals surface area contributed by atoms with Crippen molar-refractivity contribution in [1.29, 1.82) is 0 Å². The zero-order valence-corrected chi connectivity index (χ0v) is 13.5. The van der Waals surface area contributed by atoms with Crippen LogP contribution in [0.15, 0.2) is 53.0 Å². The highest BCUT2D eigenvalue weighted by Gasteiger charge is 2.12. The molecule has 2 N–H and O–H groups in total. The largest absolute Gasteiger partial charge is 0.497 e. The summed E-state index contributed by atoms with van der Waals surface area (Å²) in [4.78, 5) is 12.1. The summed E-state index contributed by atoms with van der Waals surface area (Å²) in [5.41, 5.74) is 1.64. The minimum Gasteiger partial charge on any atom is -0.497 e. The molecule has 1 amide bonds. The topological polar surface area (TPSA) is 50.4 Å². The van der Waals surface area contributed by atoms with Crippen LogP contribution in [0.5, 0.6) is 5.75 Å². The van der Waals surface area contributed by atoms with Crippen LogP contribution in [-0.4, -0.2) is 19.1 Å². The van der Waals surface area contributed by atoms with Gasteiger partial charge in [0, 0.05) is 15.8 Å². The van der Waals surface area contributed by atoms with Crippen LogP contribution in [0, 0.1) is 0 Å². The first-order valence-electron chi connectivity index (χ1n) is 6.55. The van der Waals surface area contributed by atoms with Crippen LogP contribution >= 0.6 is 15.9 Å². The summed E-state index contributed by atoms with van der Waals surface area (Å²) in [5, 5.41) is 6.01. The quantitative estimate of drug-likeness (QED) is 0.861. The number of benzene rings is 2. The third-order valence-electron chi connectivity index (χ3n) is 2.98. The Balaban J connectivity index is 1.93. The van der Waals surface area contributed by atoms with Gasteiger partial charge in [-0.05, 0) is 55.5 Å². The molecule has 0 unspecified atom stereocenters. The van der Waals surface area contributed by atoms with Crippen LogP contribution < -0.4 is 15.4 Å². The van der Waals surface area contributed by atoms with Crippen molar-refractivity contribution in [3.8, 4) is 5.75 Å². The number of hydrogen-bond donors (Lipinski definition) is 2. The van der Waals surface area contributed by atoms with Gasteiger partial charge in [0.2, 0.25) is 5.91 Å². The normalized spacial score (nSPS) is 11.6. The molecular weight excluding hydrogens is 332 g/mol. The number of methoxy groups -OCH3 is 1. The number of halogens is 1. The number of carbonyl (C=O) groups is 1. The van der Waals surface area contributed by atoms with Gasteiger partial charge >= 0.3 is 0 Å². The fourth-order valence-electron chi connectivity index (χ4n) is 1.79. The van der Waals surface area contributed by atoms with Crippen molar-refractivity contribution in [3.63, 3.8) is 0 Å². The molecule has 4 nitrogen and oxygen atoms in total. The highest BCUT2D eigenvalue weighted by atomic mass is 79.9. The van der Waals surface area contributed by atoms with Crippen molar-refractivity contribution in [2.75, 3.05) is 17.7 Å². The predicted molar refractivity (Wildman–Crippen MR) is 88.9 cm³/mol. The molecule has 0 aliphatic rings. The van der Waals surface area contributed by atoms with E-state index in [9.17, 15) is 4.79 Å². The van der Waals surface area contributed by atoms with Gasteiger partial charge in [0.15, 0.2) is 0 Å². The van der Waals surface area contributed by atoms with Crippen molar-refractivity contribution in [2.24, 2.45) is 0 Å². The lowest BCUT2D eigenvalue weighted by molar-refractivity contribution is -0.116. The molecule has 0 heterocycles. The number of carbonyl (C=O) groups excluding carboxylic acids is 1. The van der Waals surface area contributed by atoms with Gasteiger partial charge in [0.05, 0.1) is 7.11 Å². The molecule has 21 heavy (non-hydrogen) atoms. The van der Waals surface area contributed by atoms with Gasteiger partial charge in [-0.3, -0.25) is 4.79 Å². The monoisotopic (exact) mass is 348 g/mol. The van der Waals surface area contributed by atoms with Gasteiger partial charge < -0.3 is 15.4 Å². The van der Waals surface area contributed by atoms with Gasteiger partial charge in [-0.25, -0.2) is 0 Å². The highest BCUT2D eigenvalue weighted by molar-refractivity contribution is 9.10. The molecule has 0 saturated carbocycles. The summed E-state index contributed by atoms with van der Waals surface area (Å²) in [6, 6.07) is 14.6. The van der Waals surface area contributed by atoms with Crippen molar-refractivity contribution >= 4 is 33.2 Å². The van der Waals surface area contributed by atoms with Gasteiger partial charge in [-0.2, -0.15) is 0 Å². The molecule has 110 valence electrons. The molecule has 5 heteroatoms. The molecule has 0 spiro atoms. The van der Waals surface area contributed by atoms with E-state index in [0.29, 0.717) is 0 Å². The minimum absolute atomic E-state index is 0.0944. The lowest BCUT2D eigenvalue weighted by Crippen LogP contribution is -2.31. The number of rotatable bonds is 5. The van der Waals surface area contributed by atoms with E-state index in [1.807, 2.05) is 55.5 Å². The van der Waals surface area contributed by atoms with E-state index in [0.717, 1.165) is 21.6 Å². The average molecular weight is 349 g/mol. The smallest absolute Gasteiger partial charge is 0.246 e. The van der Waals surface area contributed by atoms with Crippen LogP contribution in [0.1, 0.15) is 6.92 Å². The molecule has 0 bridgehead atoms. The standard InChI is InChI=1S/C16H17BrN2O2/c1-11(18-13-5-3-12(17)4-6-13)16(20)19-14-7-9-15(21-2)10-8-14/h3-11,18H,1-2H3,(H,19,20)/t11-/m0/s1. The fraction of sp³-hybridized carbons (Fsp3) is 0.188. The first-order chi connectivity index (χ1) is 10.1. The molecule has 2 aromatic rings. The van der Waals surface area contributed by atoms with Gasteiger partial charge in [0.1, 0.15) is 11.8 Å². The maximum Gasteiger partial charge on any atom is 0.246 e. The second-order valence-electron chi connectivity index (χ2n) is 4.59. The summed E-state index contributed by atoms with van der Waals surface area (Å²) in [6.45, 7) is 1.82. The first-order valence-corrected chi connectivity index (χ1v) is 7.35. The molecule has 1 atom stereocenters. The Morgan fingerprint density at radius 1 is 1.05 bits per heavy atom. The van der Waals surface area contributed by atoms with Crippen LogP contribution in [-0.2, 0) is 4.79 Å². The maximum atomic E-state index is 12.1. The Bertz CT molecular complexity index is 597. The summed E-state index contributed by atoms with van der Waals surface area (Å²) < 4.78 is 6.08. The van der Waals surface area contributed by atoms with Gasteiger partial charge in [-0.1, -0.05) is 15.9 Å². The Hall–Kier alpha value is -2.01. The summed E-state index contributed by atoms with van der Waals surface area (Å²) in [5.74, 6) is 0.664. The summed E-state index contributed by atoms with van der Waals surface area (Å²) in [7, 11) is 1.61. The molecule has 0 fully saturated rings. The second kappa shape index (κ2) is 7.13. The van der Waals surface area contributed by atoms with E-state index in [-0.39, 0.29) is 11.9 Å².